The first kappa shape index (κ1) is 18.2. The minimum atomic E-state index is -2.98. The van der Waals surface area contributed by atoms with Crippen molar-refractivity contribution in [1.82, 2.24) is 0 Å². The first-order valence-corrected chi connectivity index (χ1v) is 7.87. The van der Waals surface area contributed by atoms with Crippen LogP contribution in [0.2, 0.25) is 0 Å². The van der Waals surface area contributed by atoms with Crippen molar-refractivity contribution in [2.24, 2.45) is 4.99 Å². The molecule has 0 saturated carbocycles. The molecular formula is C19H14F2N2O4. The molecule has 0 atom stereocenters. The monoisotopic (exact) mass is 372 g/mol. The molecule has 1 amide bonds. The number of alkyl halides is 2. The summed E-state index contributed by atoms with van der Waals surface area (Å²) in [5.41, 5.74) is 1.35. The van der Waals surface area contributed by atoms with Crippen LogP contribution in [0, 0.1) is 0 Å². The molecule has 3 rings (SSSR count). The largest absolute Gasteiger partial charge is 0.434 e. The Labute approximate surface area is 153 Å². The number of anilines is 1. The van der Waals surface area contributed by atoms with Crippen LogP contribution < -0.4 is 10.1 Å². The summed E-state index contributed by atoms with van der Waals surface area (Å²) in [6.07, 6.45) is 1.32. The van der Waals surface area contributed by atoms with Gasteiger partial charge < -0.3 is 14.8 Å². The van der Waals surface area contributed by atoms with Crippen LogP contribution in [0.5, 0.6) is 5.75 Å². The summed E-state index contributed by atoms with van der Waals surface area (Å²) in [4.78, 5) is 27.2. The molecule has 0 fully saturated rings. The van der Waals surface area contributed by atoms with E-state index in [1.165, 1.54) is 31.2 Å². The van der Waals surface area contributed by atoms with Crippen molar-refractivity contribution in [3.8, 4) is 5.75 Å². The molecule has 0 aromatic heterocycles. The van der Waals surface area contributed by atoms with Crippen molar-refractivity contribution < 1.29 is 27.8 Å². The van der Waals surface area contributed by atoms with Gasteiger partial charge in [0.25, 0.3) is 0 Å². The quantitative estimate of drug-likeness (QED) is 0.643. The normalized spacial score (nSPS) is 14.9. The summed E-state index contributed by atoms with van der Waals surface area (Å²) in [6, 6.07) is 12.6. The predicted octanol–water partition coefficient (Wildman–Crippen LogP) is 3.59. The van der Waals surface area contributed by atoms with E-state index in [4.69, 9.17) is 4.74 Å². The molecule has 1 aliphatic heterocycles. The molecule has 0 unspecified atom stereocenters. The van der Waals surface area contributed by atoms with E-state index >= 15 is 0 Å². The maximum atomic E-state index is 12.5. The van der Waals surface area contributed by atoms with Gasteiger partial charge in [-0.05, 0) is 36.4 Å². The molecule has 6 nitrogen and oxygen atoms in total. The maximum absolute atomic E-state index is 12.5. The van der Waals surface area contributed by atoms with Crippen molar-refractivity contribution in [3.63, 3.8) is 0 Å². The molecule has 0 aliphatic carbocycles. The van der Waals surface area contributed by atoms with Gasteiger partial charge in [0.05, 0.1) is 0 Å². The first-order chi connectivity index (χ1) is 12.9. The van der Waals surface area contributed by atoms with Gasteiger partial charge in [-0.25, -0.2) is 9.79 Å². The Hall–Kier alpha value is -3.55. The van der Waals surface area contributed by atoms with Gasteiger partial charge in [-0.3, -0.25) is 4.79 Å². The lowest BCUT2D eigenvalue weighted by atomic mass is 10.1. The van der Waals surface area contributed by atoms with E-state index in [2.05, 4.69) is 15.0 Å². The summed E-state index contributed by atoms with van der Waals surface area (Å²) >= 11 is 0. The smallest absolute Gasteiger partial charge is 0.387 e. The Morgan fingerprint density at radius 1 is 1.19 bits per heavy atom. The molecule has 1 N–H and O–H groups in total. The van der Waals surface area contributed by atoms with Crippen molar-refractivity contribution >= 4 is 29.5 Å². The minimum Gasteiger partial charge on any atom is -0.434 e. The number of rotatable bonds is 5. The molecule has 0 bridgehead atoms. The summed E-state index contributed by atoms with van der Waals surface area (Å²) < 4.78 is 34.6. The van der Waals surface area contributed by atoms with Gasteiger partial charge >= 0.3 is 12.6 Å². The Morgan fingerprint density at radius 2 is 1.89 bits per heavy atom. The average Bonchev–Trinajstić information content (AvgIpc) is 2.97. The van der Waals surface area contributed by atoms with Crippen LogP contribution >= 0.6 is 0 Å². The zero-order chi connectivity index (χ0) is 19.4. The summed E-state index contributed by atoms with van der Waals surface area (Å²) in [5.74, 6) is -0.908. The van der Waals surface area contributed by atoms with Crippen LogP contribution in [0.3, 0.4) is 0 Å². The van der Waals surface area contributed by atoms with Crippen LogP contribution in [0.1, 0.15) is 18.1 Å². The molecule has 0 saturated heterocycles. The Balaban J connectivity index is 1.86. The highest BCUT2D eigenvalue weighted by Gasteiger charge is 2.24. The average molecular weight is 372 g/mol. The molecule has 1 heterocycles. The summed E-state index contributed by atoms with van der Waals surface area (Å²) in [5, 5.41) is 2.62. The number of para-hydroxylation sites is 1. The van der Waals surface area contributed by atoms with E-state index < -0.39 is 12.6 Å². The second-order valence-corrected chi connectivity index (χ2v) is 5.51. The van der Waals surface area contributed by atoms with E-state index in [-0.39, 0.29) is 28.8 Å². The van der Waals surface area contributed by atoms with Crippen molar-refractivity contribution in [1.29, 1.82) is 0 Å². The molecule has 0 spiro atoms. The number of nitrogens with zero attached hydrogens (tertiary/aromatic N) is 1. The van der Waals surface area contributed by atoms with Gasteiger partial charge in [0.2, 0.25) is 11.8 Å². The van der Waals surface area contributed by atoms with Gasteiger partial charge in [0.1, 0.15) is 5.75 Å². The Morgan fingerprint density at radius 3 is 2.56 bits per heavy atom. The number of carbonyl (C=O) groups excluding carboxylic acids is 2. The fraction of sp³-hybridized carbons (Fsp3) is 0.105. The third kappa shape index (κ3) is 4.55. The van der Waals surface area contributed by atoms with E-state index in [1.807, 2.05) is 0 Å². The van der Waals surface area contributed by atoms with Gasteiger partial charge in [-0.15, -0.1) is 0 Å². The van der Waals surface area contributed by atoms with Crippen LogP contribution in [0.4, 0.5) is 14.5 Å². The van der Waals surface area contributed by atoms with Crippen LogP contribution in [-0.2, 0) is 14.3 Å². The third-order valence-electron chi connectivity index (χ3n) is 3.50. The molecule has 0 radical (unpaired) electrons. The van der Waals surface area contributed by atoms with Gasteiger partial charge in [-0.1, -0.05) is 18.2 Å². The summed E-state index contributed by atoms with van der Waals surface area (Å²) in [6.45, 7) is -1.59. The molecule has 2 aromatic carbocycles. The minimum absolute atomic E-state index is 0.0405. The Kier molecular flexibility index (Phi) is 5.25. The number of halogens is 2. The number of ether oxygens (including phenoxy) is 2. The number of nitrogens with one attached hydrogen (secondary N) is 1. The number of hydrogen-bond donors (Lipinski definition) is 1. The predicted molar refractivity (Wildman–Crippen MR) is 94.4 cm³/mol. The number of amides is 1. The lowest BCUT2D eigenvalue weighted by Gasteiger charge is -2.07. The molecular weight excluding hydrogens is 358 g/mol. The van der Waals surface area contributed by atoms with Crippen LogP contribution in [0.15, 0.2) is 59.2 Å². The summed E-state index contributed by atoms with van der Waals surface area (Å²) in [7, 11) is 0. The lowest BCUT2D eigenvalue weighted by Crippen LogP contribution is -2.07. The zero-order valence-electron chi connectivity index (χ0n) is 14.1. The van der Waals surface area contributed by atoms with Crippen LogP contribution in [-0.4, -0.2) is 24.4 Å². The van der Waals surface area contributed by atoms with Crippen molar-refractivity contribution in [2.45, 2.75) is 13.5 Å². The molecule has 27 heavy (non-hydrogen) atoms. The number of carbonyl (C=O) groups is 2. The molecule has 138 valence electrons. The first-order valence-electron chi connectivity index (χ1n) is 7.87. The van der Waals surface area contributed by atoms with Gasteiger partial charge in [0, 0.05) is 23.7 Å². The highest BCUT2D eigenvalue weighted by atomic mass is 19.3. The van der Waals surface area contributed by atoms with E-state index in [0.29, 0.717) is 11.3 Å². The van der Waals surface area contributed by atoms with Crippen LogP contribution in [0.25, 0.3) is 6.08 Å². The number of benzene rings is 2. The highest BCUT2D eigenvalue weighted by molar-refractivity contribution is 6.13. The second-order valence-electron chi connectivity index (χ2n) is 5.51. The second kappa shape index (κ2) is 7.77. The standard InChI is InChI=1S/C19H14F2N2O4/c1-11(24)22-14-8-6-12(7-9-14)17-23-15(18(25)27-17)10-13-4-2-3-5-16(13)26-19(20)21/h2-10,19H,1H3,(H,22,24)/b15-10-. The van der Waals surface area contributed by atoms with Gasteiger partial charge in [0.15, 0.2) is 5.70 Å². The third-order valence-corrected chi connectivity index (χ3v) is 3.50. The number of aliphatic imine (C=N–C) groups is 1. The van der Waals surface area contributed by atoms with Crippen molar-refractivity contribution in [2.75, 3.05) is 5.32 Å². The van der Waals surface area contributed by atoms with E-state index in [1.54, 1.807) is 30.3 Å². The van der Waals surface area contributed by atoms with E-state index in [9.17, 15) is 18.4 Å². The SMILES string of the molecule is CC(=O)Nc1ccc(C2=N/C(=C\c3ccccc3OC(F)F)C(=O)O2)cc1. The highest BCUT2D eigenvalue weighted by Crippen LogP contribution is 2.26. The number of cyclic esters (lactones) is 1. The van der Waals surface area contributed by atoms with Crippen molar-refractivity contribution in [3.05, 3.63) is 65.4 Å². The van der Waals surface area contributed by atoms with Gasteiger partial charge in [-0.2, -0.15) is 8.78 Å². The zero-order valence-corrected chi connectivity index (χ0v) is 14.1. The maximum Gasteiger partial charge on any atom is 0.387 e. The molecule has 8 heteroatoms. The Bertz CT molecular complexity index is 937. The van der Waals surface area contributed by atoms with E-state index in [0.717, 1.165) is 0 Å². The lowest BCUT2D eigenvalue weighted by molar-refractivity contribution is -0.129. The number of hydrogen-bond acceptors (Lipinski definition) is 5. The molecule has 1 aliphatic rings. The molecule has 2 aromatic rings. The fourth-order valence-electron chi connectivity index (χ4n) is 2.38. The number of esters is 1. The topological polar surface area (TPSA) is 77.0 Å². The fourth-order valence-corrected chi connectivity index (χ4v) is 2.38.